The first-order valence-corrected chi connectivity index (χ1v) is 10.0. The first-order valence-electron chi connectivity index (χ1n) is 7.61. The smallest absolute Gasteiger partial charge is 0.244 e. The minimum absolute atomic E-state index is 0.136. The van der Waals surface area contributed by atoms with Crippen LogP contribution in [0.3, 0.4) is 0 Å². The normalized spacial score (nSPS) is 10.8. The SMILES string of the molecule is COc1cc(/C=C/C(=O)NCCSCc2cccs2)cc(Cl)c1OC. The van der Waals surface area contributed by atoms with Crippen molar-refractivity contribution in [2.24, 2.45) is 0 Å². The maximum absolute atomic E-state index is 11.9. The van der Waals surface area contributed by atoms with Crippen LogP contribution in [-0.2, 0) is 10.5 Å². The molecule has 1 N–H and O–H groups in total. The number of hydrogen-bond acceptors (Lipinski definition) is 5. The molecule has 0 radical (unpaired) electrons. The van der Waals surface area contributed by atoms with Gasteiger partial charge in [-0.1, -0.05) is 17.7 Å². The highest BCUT2D eigenvalue weighted by Crippen LogP contribution is 2.36. The molecule has 1 aromatic heterocycles. The fourth-order valence-electron chi connectivity index (χ4n) is 2.08. The molecule has 0 saturated carbocycles. The molecule has 0 spiro atoms. The van der Waals surface area contributed by atoms with Crippen LogP contribution in [-0.4, -0.2) is 32.4 Å². The predicted octanol–water partition coefficient (Wildman–Crippen LogP) is 4.48. The molecule has 7 heteroatoms. The zero-order valence-electron chi connectivity index (χ0n) is 14.1. The van der Waals surface area contributed by atoms with Gasteiger partial charge in [0, 0.05) is 29.0 Å². The third-order valence-electron chi connectivity index (χ3n) is 3.25. The van der Waals surface area contributed by atoms with E-state index in [0.29, 0.717) is 23.1 Å². The molecule has 0 atom stereocenters. The van der Waals surface area contributed by atoms with E-state index in [0.717, 1.165) is 17.1 Å². The molecule has 2 aromatic rings. The molecule has 134 valence electrons. The van der Waals surface area contributed by atoms with E-state index in [4.69, 9.17) is 21.1 Å². The molecule has 1 heterocycles. The van der Waals surface area contributed by atoms with Gasteiger partial charge in [-0.25, -0.2) is 0 Å². The number of ether oxygens (including phenoxy) is 2. The molecule has 0 fully saturated rings. The standard InChI is InChI=1S/C18H20ClNO3S2/c1-22-16-11-13(10-15(19)18(16)23-2)5-6-17(21)20-7-9-24-12-14-4-3-8-25-14/h3-6,8,10-11H,7,9,12H2,1-2H3,(H,20,21)/b6-5+. The monoisotopic (exact) mass is 397 g/mol. The summed E-state index contributed by atoms with van der Waals surface area (Å²) in [5.74, 6) is 2.73. The second-order valence-electron chi connectivity index (χ2n) is 4.99. The minimum atomic E-state index is -0.136. The summed E-state index contributed by atoms with van der Waals surface area (Å²) in [6, 6.07) is 7.66. The Bertz CT molecular complexity index is 717. The number of hydrogen-bond donors (Lipinski definition) is 1. The van der Waals surface area contributed by atoms with E-state index in [2.05, 4.69) is 16.8 Å². The molecule has 4 nitrogen and oxygen atoms in total. The summed E-state index contributed by atoms with van der Waals surface area (Å²) >= 11 is 9.70. The molecule has 2 rings (SSSR count). The van der Waals surface area contributed by atoms with Gasteiger partial charge < -0.3 is 14.8 Å². The average molecular weight is 398 g/mol. The lowest BCUT2D eigenvalue weighted by Crippen LogP contribution is -2.23. The first kappa shape index (κ1) is 19.7. The Hall–Kier alpha value is -1.63. The van der Waals surface area contributed by atoms with Crippen LogP contribution in [0, 0.1) is 0 Å². The molecular weight excluding hydrogens is 378 g/mol. The Labute approximate surface area is 161 Å². The maximum atomic E-state index is 11.9. The second kappa shape index (κ2) is 10.4. The van der Waals surface area contributed by atoms with Crippen LogP contribution in [0.1, 0.15) is 10.4 Å². The molecule has 25 heavy (non-hydrogen) atoms. The van der Waals surface area contributed by atoms with Crippen LogP contribution in [0.2, 0.25) is 5.02 Å². The minimum Gasteiger partial charge on any atom is -0.493 e. The van der Waals surface area contributed by atoms with Crippen molar-refractivity contribution in [3.05, 3.63) is 51.2 Å². The van der Waals surface area contributed by atoms with E-state index in [9.17, 15) is 4.79 Å². The average Bonchev–Trinajstić information content (AvgIpc) is 3.12. The zero-order valence-corrected chi connectivity index (χ0v) is 16.5. The van der Waals surface area contributed by atoms with Crippen molar-refractivity contribution >= 4 is 46.7 Å². The van der Waals surface area contributed by atoms with E-state index in [1.54, 1.807) is 48.4 Å². The number of carbonyl (C=O) groups excluding carboxylic acids is 1. The van der Waals surface area contributed by atoms with Crippen molar-refractivity contribution in [2.45, 2.75) is 5.75 Å². The van der Waals surface area contributed by atoms with Crippen LogP contribution in [0.15, 0.2) is 35.7 Å². The first-order chi connectivity index (χ1) is 12.1. The Morgan fingerprint density at radius 2 is 2.20 bits per heavy atom. The van der Waals surface area contributed by atoms with Crippen molar-refractivity contribution in [1.29, 1.82) is 0 Å². The highest BCUT2D eigenvalue weighted by Gasteiger charge is 2.09. The molecule has 0 bridgehead atoms. The highest BCUT2D eigenvalue weighted by atomic mass is 35.5. The van der Waals surface area contributed by atoms with Crippen LogP contribution in [0.4, 0.5) is 0 Å². The summed E-state index contributed by atoms with van der Waals surface area (Å²) in [6.07, 6.45) is 3.18. The molecule has 0 aliphatic heterocycles. The van der Waals surface area contributed by atoms with Gasteiger partial charge in [0.05, 0.1) is 19.2 Å². The Kier molecular flexibility index (Phi) is 8.18. The van der Waals surface area contributed by atoms with Gasteiger partial charge in [0.1, 0.15) is 0 Å². The van der Waals surface area contributed by atoms with Crippen molar-refractivity contribution in [2.75, 3.05) is 26.5 Å². The van der Waals surface area contributed by atoms with Crippen molar-refractivity contribution in [3.8, 4) is 11.5 Å². The van der Waals surface area contributed by atoms with E-state index < -0.39 is 0 Å². The summed E-state index contributed by atoms with van der Waals surface area (Å²) < 4.78 is 10.4. The zero-order chi connectivity index (χ0) is 18.1. The summed E-state index contributed by atoms with van der Waals surface area (Å²) in [7, 11) is 3.07. The summed E-state index contributed by atoms with van der Waals surface area (Å²) in [5.41, 5.74) is 0.768. The number of benzene rings is 1. The molecule has 0 unspecified atom stereocenters. The largest absolute Gasteiger partial charge is 0.493 e. The third-order valence-corrected chi connectivity index (χ3v) is 5.60. The van der Waals surface area contributed by atoms with E-state index in [1.165, 1.54) is 18.1 Å². The summed E-state index contributed by atoms with van der Waals surface area (Å²) in [6.45, 7) is 0.631. The van der Waals surface area contributed by atoms with Gasteiger partial charge in [0.25, 0.3) is 0 Å². The van der Waals surface area contributed by atoms with Gasteiger partial charge in [0.2, 0.25) is 5.91 Å². The lowest BCUT2D eigenvalue weighted by atomic mass is 10.2. The lowest BCUT2D eigenvalue weighted by Gasteiger charge is -2.10. The van der Waals surface area contributed by atoms with Crippen LogP contribution in [0.25, 0.3) is 6.08 Å². The van der Waals surface area contributed by atoms with Gasteiger partial charge in [-0.05, 0) is 35.2 Å². The fraction of sp³-hybridized carbons (Fsp3) is 0.278. The number of amides is 1. The Morgan fingerprint density at radius 1 is 1.36 bits per heavy atom. The molecular formula is C18H20ClNO3S2. The Morgan fingerprint density at radius 3 is 2.88 bits per heavy atom. The predicted molar refractivity (Wildman–Crippen MR) is 107 cm³/mol. The van der Waals surface area contributed by atoms with Gasteiger partial charge in [-0.2, -0.15) is 11.8 Å². The van der Waals surface area contributed by atoms with Crippen LogP contribution < -0.4 is 14.8 Å². The van der Waals surface area contributed by atoms with E-state index >= 15 is 0 Å². The quantitative estimate of drug-likeness (QED) is 0.500. The van der Waals surface area contributed by atoms with Crippen molar-refractivity contribution < 1.29 is 14.3 Å². The van der Waals surface area contributed by atoms with Crippen molar-refractivity contribution in [3.63, 3.8) is 0 Å². The lowest BCUT2D eigenvalue weighted by molar-refractivity contribution is -0.116. The number of methoxy groups -OCH3 is 2. The summed E-state index contributed by atoms with van der Waals surface area (Å²) in [4.78, 5) is 13.2. The van der Waals surface area contributed by atoms with Crippen LogP contribution in [0.5, 0.6) is 11.5 Å². The molecule has 1 aromatic carbocycles. The second-order valence-corrected chi connectivity index (χ2v) is 7.54. The number of thiophene rings is 1. The number of rotatable bonds is 9. The van der Waals surface area contributed by atoms with Gasteiger partial charge in [-0.3, -0.25) is 4.79 Å². The van der Waals surface area contributed by atoms with E-state index in [1.807, 2.05) is 6.07 Å². The Balaban J connectivity index is 1.78. The van der Waals surface area contributed by atoms with E-state index in [-0.39, 0.29) is 5.91 Å². The topological polar surface area (TPSA) is 47.6 Å². The number of thioether (sulfide) groups is 1. The fourth-order valence-corrected chi connectivity index (χ4v) is 4.07. The van der Waals surface area contributed by atoms with Gasteiger partial charge in [0.15, 0.2) is 11.5 Å². The van der Waals surface area contributed by atoms with Crippen molar-refractivity contribution in [1.82, 2.24) is 5.32 Å². The molecule has 0 saturated heterocycles. The number of halogens is 1. The van der Waals surface area contributed by atoms with Gasteiger partial charge in [-0.15, -0.1) is 11.3 Å². The maximum Gasteiger partial charge on any atom is 0.244 e. The highest BCUT2D eigenvalue weighted by molar-refractivity contribution is 7.98. The van der Waals surface area contributed by atoms with Crippen LogP contribution >= 0.6 is 34.7 Å². The summed E-state index contributed by atoms with van der Waals surface area (Å²) in [5, 5.41) is 5.38. The number of carbonyl (C=O) groups is 1. The van der Waals surface area contributed by atoms with Gasteiger partial charge >= 0.3 is 0 Å². The molecule has 1 amide bonds. The third kappa shape index (κ3) is 6.30. The molecule has 0 aliphatic carbocycles. The number of nitrogens with one attached hydrogen (secondary N) is 1. The molecule has 0 aliphatic rings.